The van der Waals surface area contributed by atoms with E-state index < -0.39 is 5.91 Å². The second kappa shape index (κ2) is 7.45. The maximum Gasteiger partial charge on any atom is 0.248 e. The van der Waals surface area contributed by atoms with Gasteiger partial charge in [-0.25, -0.2) is 4.98 Å². The van der Waals surface area contributed by atoms with E-state index in [-0.39, 0.29) is 0 Å². The number of carbonyl (C=O) groups is 1. The summed E-state index contributed by atoms with van der Waals surface area (Å²) in [5, 5.41) is 0. The number of rotatable bonds is 4. The summed E-state index contributed by atoms with van der Waals surface area (Å²) in [6.07, 6.45) is 3.54. The van der Waals surface area contributed by atoms with Crippen molar-refractivity contribution in [3.05, 3.63) is 72.6 Å². The molecule has 0 spiro atoms. The van der Waals surface area contributed by atoms with E-state index in [1.807, 2.05) is 18.2 Å². The SMILES string of the molecule is NC(=O)c1ccc(-c2cncc(N3CCN(c4ccccc4)CC3)n2)cc1. The summed E-state index contributed by atoms with van der Waals surface area (Å²) in [5.74, 6) is 0.442. The van der Waals surface area contributed by atoms with Crippen LogP contribution in [0.5, 0.6) is 0 Å². The Kier molecular flexibility index (Phi) is 4.70. The Morgan fingerprint density at radius 3 is 2.19 bits per heavy atom. The van der Waals surface area contributed by atoms with Crippen LogP contribution in [0.2, 0.25) is 0 Å². The summed E-state index contributed by atoms with van der Waals surface area (Å²) in [6.45, 7) is 3.69. The predicted octanol–water partition coefficient (Wildman–Crippen LogP) is 2.57. The molecule has 6 nitrogen and oxygen atoms in total. The van der Waals surface area contributed by atoms with E-state index in [2.05, 4.69) is 39.0 Å². The molecular formula is C21H21N5O. The van der Waals surface area contributed by atoms with E-state index in [1.54, 1.807) is 24.5 Å². The van der Waals surface area contributed by atoms with Gasteiger partial charge < -0.3 is 15.5 Å². The molecule has 2 heterocycles. The molecule has 3 aromatic rings. The molecular weight excluding hydrogens is 338 g/mol. The van der Waals surface area contributed by atoms with Crippen molar-refractivity contribution in [1.29, 1.82) is 0 Å². The lowest BCUT2D eigenvalue weighted by atomic mass is 10.1. The van der Waals surface area contributed by atoms with Crippen molar-refractivity contribution in [3.63, 3.8) is 0 Å². The van der Waals surface area contributed by atoms with Gasteiger partial charge in [0.25, 0.3) is 0 Å². The Labute approximate surface area is 158 Å². The number of amides is 1. The van der Waals surface area contributed by atoms with Crippen LogP contribution in [0, 0.1) is 0 Å². The summed E-state index contributed by atoms with van der Waals surface area (Å²) in [6, 6.07) is 17.6. The second-order valence-electron chi connectivity index (χ2n) is 6.51. The lowest BCUT2D eigenvalue weighted by molar-refractivity contribution is 0.100. The first-order valence-corrected chi connectivity index (χ1v) is 8.98. The highest BCUT2D eigenvalue weighted by molar-refractivity contribution is 5.93. The van der Waals surface area contributed by atoms with Crippen molar-refractivity contribution in [2.75, 3.05) is 36.0 Å². The van der Waals surface area contributed by atoms with Gasteiger partial charge >= 0.3 is 0 Å². The van der Waals surface area contributed by atoms with Crippen LogP contribution in [-0.4, -0.2) is 42.1 Å². The van der Waals surface area contributed by atoms with Gasteiger partial charge in [-0.15, -0.1) is 0 Å². The molecule has 1 aromatic heterocycles. The molecule has 2 N–H and O–H groups in total. The van der Waals surface area contributed by atoms with Gasteiger partial charge in [-0.1, -0.05) is 30.3 Å². The van der Waals surface area contributed by atoms with Crippen LogP contribution in [0.25, 0.3) is 11.3 Å². The molecule has 136 valence electrons. The Morgan fingerprint density at radius 2 is 1.52 bits per heavy atom. The minimum atomic E-state index is -0.433. The average Bonchev–Trinajstić information content (AvgIpc) is 2.75. The zero-order valence-corrected chi connectivity index (χ0v) is 15.0. The number of nitrogens with two attached hydrogens (primary N) is 1. The number of carbonyl (C=O) groups excluding carboxylic acids is 1. The third-order valence-corrected chi connectivity index (χ3v) is 4.81. The molecule has 27 heavy (non-hydrogen) atoms. The molecule has 1 aliphatic rings. The molecule has 0 bridgehead atoms. The van der Waals surface area contributed by atoms with Gasteiger partial charge in [0.2, 0.25) is 5.91 Å². The predicted molar refractivity (Wildman–Crippen MR) is 107 cm³/mol. The topological polar surface area (TPSA) is 75.4 Å². The first-order chi connectivity index (χ1) is 13.2. The lowest BCUT2D eigenvalue weighted by Gasteiger charge is -2.36. The highest BCUT2D eigenvalue weighted by atomic mass is 16.1. The molecule has 4 rings (SSSR count). The summed E-state index contributed by atoms with van der Waals surface area (Å²) in [7, 11) is 0. The maximum absolute atomic E-state index is 11.2. The number of benzene rings is 2. The molecule has 6 heteroatoms. The maximum atomic E-state index is 11.2. The monoisotopic (exact) mass is 359 g/mol. The molecule has 0 radical (unpaired) electrons. The number of piperazine rings is 1. The normalized spacial score (nSPS) is 14.2. The van der Waals surface area contributed by atoms with Crippen molar-refractivity contribution in [2.24, 2.45) is 5.73 Å². The lowest BCUT2D eigenvalue weighted by Crippen LogP contribution is -2.46. The van der Waals surface area contributed by atoms with Crippen LogP contribution in [0.15, 0.2) is 67.0 Å². The zero-order chi connectivity index (χ0) is 18.6. The minimum absolute atomic E-state index is 0.433. The van der Waals surface area contributed by atoms with Crippen molar-refractivity contribution < 1.29 is 4.79 Å². The van der Waals surface area contributed by atoms with Crippen molar-refractivity contribution in [1.82, 2.24) is 9.97 Å². The van der Waals surface area contributed by atoms with Gasteiger partial charge in [0.05, 0.1) is 18.1 Å². The van der Waals surface area contributed by atoms with Gasteiger partial charge in [-0.2, -0.15) is 0 Å². The summed E-state index contributed by atoms with van der Waals surface area (Å²) < 4.78 is 0. The molecule has 0 unspecified atom stereocenters. The minimum Gasteiger partial charge on any atom is -0.368 e. The summed E-state index contributed by atoms with van der Waals surface area (Å²) >= 11 is 0. The van der Waals surface area contributed by atoms with Crippen molar-refractivity contribution in [2.45, 2.75) is 0 Å². The van der Waals surface area contributed by atoms with Gasteiger partial charge in [0.15, 0.2) is 0 Å². The van der Waals surface area contributed by atoms with Gasteiger partial charge in [-0.3, -0.25) is 9.78 Å². The number of anilines is 2. The highest BCUT2D eigenvalue weighted by Gasteiger charge is 2.19. The summed E-state index contributed by atoms with van der Waals surface area (Å²) in [4.78, 5) is 25.0. The zero-order valence-electron chi connectivity index (χ0n) is 15.0. The number of aromatic nitrogens is 2. The van der Waals surface area contributed by atoms with Crippen molar-refractivity contribution >= 4 is 17.4 Å². The molecule has 1 amide bonds. The third kappa shape index (κ3) is 3.74. The van der Waals surface area contributed by atoms with Gasteiger partial charge in [0, 0.05) is 43.0 Å². The van der Waals surface area contributed by atoms with E-state index >= 15 is 0 Å². The van der Waals surface area contributed by atoms with Crippen LogP contribution in [0.4, 0.5) is 11.5 Å². The molecule has 1 aliphatic heterocycles. The largest absolute Gasteiger partial charge is 0.368 e. The Bertz CT molecular complexity index is 919. The molecule has 0 atom stereocenters. The fourth-order valence-corrected chi connectivity index (χ4v) is 3.28. The number of hydrogen-bond donors (Lipinski definition) is 1. The number of hydrogen-bond acceptors (Lipinski definition) is 5. The first kappa shape index (κ1) is 17.0. The van der Waals surface area contributed by atoms with E-state index in [1.165, 1.54) is 5.69 Å². The number of nitrogens with zero attached hydrogens (tertiary/aromatic N) is 4. The van der Waals surface area contributed by atoms with E-state index in [0.29, 0.717) is 5.56 Å². The third-order valence-electron chi connectivity index (χ3n) is 4.81. The number of primary amides is 1. The average molecular weight is 359 g/mol. The fraction of sp³-hybridized carbons (Fsp3) is 0.190. The van der Waals surface area contributed by atoms with Crippen LogP contribution >= 0.6 is 0 Å². The molecule has 2 aromatic carbocycles. The van der Waals surface area contributed by atoms with Crippen LogP contribution in [0.1, 0.15) is 10.4 Å². The number of para-hydroxylation sites is 1. The van der Waals surface area contributed by atoms with Gasteiger partial charge in [0.1, 0.15) is 5.82 Å². The molecule has 0 aliphatic carbocycles. The van der Waals surface area contributed by atoms with Crippen LogP contribution in [-0.2, 0) is 0 Å². The first-order valence-electron chi connectivity index (χ1n) is 8.98. The Hall–Kier alpha value is -3.41. The summed E-state index contributed by atoms with van der Waals surface area (Å²) in [5.41, 5.74) is 8.74. The van der Waals surface area contributed by atoms with E-state index in [0.717, 1.165) is 43.3 Å². The Morgan fingerprint density at radius 1 is 0.852 bits per heavy atom. The smallest absolute Gasteiger partial charge is 0.248 e. The van der Waals surface area contributed by atoms with Crippen LogP contribution < -0.4 is 15.5 Å². The fourth-order valence-electron chi connectivity index (χ4n) is 3.28. The molecule has 1 fully saturated rings. The quantitative estimate of drug-likeness (QED) is 0.775. The molecule has 1 saturated heterocycles. The van der Waals surface area contributed by atoms with Crippen molar-refractivity contribution in [3.8, 4) is 11.3 Å². The molecule has 0 saturated carbocycles. The second-order valence-corrected chi connectivity index (χ2v) is 6.51. The Balaban J connectivity index is 1.47. The van der Waals surface area contributed by atoms with Gasteiger partial charge in [-0.05, 0) is 24.3 Å². The van der Waals surface area contributed by atoms with Crippen LogP contribution in [0.3, 0.4) is 0 Å². The van der Waals surface area contributed by atoms with E-state index in [9.17, 15) is 4.79 Å². The van der Waals surface area contributed by atoms with E-state index in [4.69, 9.17) is 10.7 Å². The standard InChI is InChI=1S/C21H21N5O/c22-21(27)17-8-6-16(7-9-17)19-14-23-15-20(24-19)26-12-10-25(11-13-26)18-4-2-1-3-5-18/h1-9,14-15H,10-13H2,(H2,22,27). The highest BCUT2D eigenvalue weighted by Crippen LogP contribution is 2.22.